The fourth-order valence-corrected chi connectivity index (χ4v) is 4.68. The molecule has 0 unspecified atom stereocenters. The molecule has 1 aromatic carbocycles. The third-order valence-electron chi connectivity index (χ3n) is 3.78. The van der Waals surface area contributed by atoms with Gasteiger partial charge in [0.2, 0.25) is 10.0 Å². The Morgan fingerprint density at radius 3 is 2.32 bits per heavy atom. The Hall–Kier alpha value is -1.11. The Labute approximate surface area is 133 Å². The largest absolute Gasteiger partial charge is 0.494 e. The zero-order valence-corrected chi connectivity index (χ0v) is 14.7. The summed E-state index contributed by atoms with van der Waals surface area (Å²) in [7, 11) is -3.54. The Morgan fingerprint density at radius 1 is 1.18 bits per heavy atom. The van der Waals surface area contributed by atoms with Crippen LogP contribution in [0.4, 0.5) is 0 Å². The van der Waals surface area contributed by atoms with E-state index in [1.807, 2.05) is 40.7 Å². The Kier molecular flexibility index (Phi) is 5.14. The molecule has 0 saturated carbocycles. The summed E-state index contributed by atoms with van der Waals surface area (Å²) >= 11 is 0. The molecule has 0 spiro atoms. The van der Waals surface area contributed by atoms with Gasteiger partial charge in [-0.25, -0.2) is 8.42 Å². The third kappa shape index (κ3) is 3.45. The highest BCUT2D eigenvalue weighted by atomic mass is 32.2. The van der Waals surface area contributed by atoms with Crippen molar-refractivity contribution in [3.63, 3.8) is 0 Å². The Morgan fingerprint density at radius 2 is 1.77 bits per heavy atom. The van der Waals surface area contributed by atoms with Gasteiger partial charge in [0.1, 0.15) is 5.75 Å². The first-order chi connectivity index (χ1) is 10.3. The van der Waals surface area contributed by atoms with Crippen molar-refractivity contribution in [3.05, 3.63) is 23.3 Å². The Balaban J connectivity index is 2.42. The van der Waals surface area contributed by atoms with Gasteiger partial charge in [-0.1, -0.05) is 6.07 Å². The van der Waals surface area contributed by atoms with Crippen molar-refractivity contribution in [1.82, 2.24) is 4.31 Å². The molecule has 2 rings (SSSR count). The lowest BCUT2D eigenvalue weighted by atomic mass is 10.1. The third-order valence-corrected chi connectivity index (χ3v) is 5.75. The maximum atomic E-state index is 13.0. The number of ether oxygens (including phenoxy) is 2. The van der Waals surface area contributed by atoms with Crippen LogP contribution in [-0.4, -0.2) is 44.6 Å². The number of sulfonamides is 1. The van der Waals surface area contributed by atoms with E-state index in [9.17, 15) is 8.42 Å². The SMILES string of the molecule is CCOc1cc(S(=O)(=O)N2C[C@@H](C)O[C@H](C)C2)c(C)cc1C. The number of aryl methyl sites for hydroxylation is 2. The molecule has 0 N–H and O–H groups in total. The molecule has 22 heavy (non-hydrogen) atoms. The topological polar surface area (TPSA) is 55.8 Å². The molecule has 2 atom stereocenters. The van der Waals surface area contributed by atoms with Crippen LogP contribution >= 0.6 is 0 Å². The first-order valence-electron chi connectivity index (χ1n) is 7.65. The van der Waals surface area contributed by atoms with Crippen molar-refractivity contribution in [2.75, 3.05) is 19.7 Å². The van der Waals surface area contributed by atoms with E-state index in [4.69, 9.17) is 9.47 Å². The van der Waals surface area contributed by atoms with E-state index in [-0.39, 0.29) is 12.2 Å². The van der Waals surface area contributed by atoms with Crippen molar-refractivity contribution >= 4 is 10.0 Å². The van der Waals surface area contributed by atoms with Gasteiger partial charge >= 0.3 is 0 Å². The normalized spacial score (nSPS) is 23.5. The number of hydrogen-bond donors (Lipinski definition) is 0. The second-order valence-corrected chi connectivity index (χ2v) is 7.80. The van der Waals surface area contributed by atoms with E-state index in [2.05, 4.69) is 0 Å². The number of benzene rings is 1. The molecule has 124 valence electrons. The van der Waals surface area contributed by atoms with Crippen LogP contribution in [0, 0.1) is 13.8 Å². The molecular formula is C16H25NO4S. The summed E-state index contributed by atoms with van der Waals surface area (Å²) in [4.78, 5) is 0.322. The van der Waals surface area contributed by atoms with Gasteiger partial charge < -0.3 is 9.47 Å². The van der Waals surface area contributed by atoms with Crippen molar-refractivity contribution in [1.29, 1.82) is 0 Å². The van der Waals surface area contributed by atoms with E-state index in [1.165, 1.54) is 4.31 Å². The monoisotopic (exact) mass is 327 g/mol. The predicted molar refractivity (Wildman–Crippen MR) is 85.9 cm³/mol. The summed E-state index contributed by atoms with van der Waals surface area (Å²) in [5, 5.41) is 0. The minimum Gasteiger partial charge on any atom is -0.494 e. The van der Waals surface area contributed by atoms with Crippen LogP contribution in [0.2, 0.25) is 0 Å². The summed E-state index contributed by atoms with van der Waals surface area (Å²) in [5.41, 5.74) is 1.69. The van der Waals surface area contributed by atoms with Crippen molar-refractivity contribution in [2.24, 2.45) is 0 Å². The van der Waals surface area contributed by atoms with Crippen LogP contribution in [0.3, 0.4) is 0 Å². The maximum absolute atomic E-state index is 13.0. The predicted octanol–water partition coefficient (Wildman–Crippen LogP) is 2.50. The molecule has 1 aliphatic rings. The van der Waals surface area contributed by atoms with Gasteiger partial charge in [-0.05, 0) is 45.7 Å². The highest BCUT2D eigenvalue weighted by Crippen LogP contribution is 2.29. The summed E-state index contributed by atoms with van der Waals surface area (Å²) in [6, 6.07) is 3.51. The van der Waals surface area contributed by atoms with Crippen LogP contribution in [-0.2, 0) is 14.8 Å². The van der Waals surface area contributed by atoms with E-state index in [0.29, 0.717) is 30.3 Å². The highest BCUT2D eigenvalue weighted by molar-refractivity contribution is 7.89. The molecule has 0 bridgehead atoms. The lowest BCUT2D eigenvalue weighted by Gasteiger charge is -2.34. The van der Waals surface area contributed by atoms with E-state index in [0.717, 1.165) is 11.1 Å². The molecule has 6 heteroatoms. The smallest absolute Gasteiger partial charge is 0.243 e. The fraction of sp³-hybridized carbons (Fsp3) is 0.625. The first kappa shape index (κ1) is 17.2. The Bertz CT molecular complexity index is 632. The van der Waals surface area contributed by atoms with Gasteiger partial charge in [0.05, 0.1) is 23.7 Å². The number of morpholine rings is 1. The quantitative estimate of drug-likeness (QED) is 0.852. The first-order valence-corrected chi connectivity index (χ1v) is 9.09. The maximum Gasteiger partial charge on any atom is 0.243 e. The molecular weight excluding hydrogens is 302 g/mol. The van der Waals surface area contributed by atoms with Crippen LogP contribution in [0.25, 0.3) is 0 Å². The van der Waals surface area contributed by atoms with E-state index in [1.54, 1.807) is 6.07 Å². The highest BCUT2D eigenvalue weighted by Gasteiger charge is 2.33. The minimum absolute atomic E-state index is 0.101. The van der Waals surface area contributed by atoms with Crippen LogP contribution in [0.15, 0.2) is 17.0 Å². The van der Waals surface area contributed by atoms with E-state index >= 15 is 0 Å². The zero-order valence-electron chi connectivity index (χ0n) is 13.9. The number of nitrogens with zero attached hydrogens (tertiary/aromatic N) is 1. The standard InChI is InChI=1S/C16H25NO4S/c1-6-20-15-8-16(12(3)7-11(15)2)22(18,19)17-9-13(4)21-14(5)10-17/h7-8,13-14H,6,9-10H2,1-5H3/t13-,14-/m1/s1. The molecule has 0 radical (unpaired) electrons. The molecule has 1 saturated heterocycles. The second-order valence-electron chi connectivity index (χ2n) is 5.90. The molecule has 0 aliphatic carbocycles. The van der Waals surface area contributed by atoms with Gasteiger partial charge in [-0.15, -0.1) is 0 Å². The van der Waals surface area contributed by atoms with Crippen molar-refractivity contribution in [3.8, 4) is 5.75 Å². The van der Waals surface area contributed by atoms with Gasteiger partial charge in [-0.2, -0.15) is 4.31 Å². The summed E-state index contributed by atoms with van der Waals surface area (Å²) < 4.78 is 38.7. The molecule has 0 aromatic heterocycles. The summed E-state index contributed by atoms with van der Waals surface area (Å²) in [6.07, 6.45) is -0.203. The average Bonchev–Trinajstić information content (AvgIpc) is 2.40. The van der Waals surface area contributed by atoms with Gasteiger partial charge in [0.25, 0.3) is 0 Å². The van der Waals surface area contributed by atoms with Crippen LogP contribution < -0.4 is 4.74 Å². The number of hydrogen-bond acceptors (Lipinski definition) is 4. The van der Waals surface area contributed by atoms with Gasteiger partial charge in [0, 0.05) is 19.2 Å². The van der Waals surface area contributed by atoms with Crippen molar-refractivity contribution < 1.29 is 17.9 Å². The number of rotatable bonds is 4. The molecule has 0 amide bonds. The fourth-order valence-electron chi connectivity index (χ4n) is 2.87. The van der Waals surface area contributed by atoms with Crippen molar-refractivity contribution in [2.45, 2.75) is 51.7 Å². The van der Waals surface area contributed by atoms with E-state index < -0.39 is 10.0 Å². The van der Waals surface area contributed by atoms with Crippen LogP contribution in [0.1, 0.15) is 31.9 Å². The molecule has 1 aliphatic heterocycles. The average molecular weight is 327 g/mol. The lowest BCUT2D eigenvalue weighted by molar-refractivity contribution is -0.0440. The minimum atomic E-state index is -3.54. The summed E-state index contributed by atoms with van der Waals surface area (Å²) in [6.45, 7) is 10.7. The van der Waals surface area contributed by atoms with Gasteiger partial charge in [0.15, 0.2) is 0 Å². The molecule has 1 heterocycles. The van der Waals surface area contributed by atoms with Crippen LogP contribution in [0.5, 0.6) is 5.75 Å². The molecule has 5 nitrogen and oxygen atoms in total. The lowest BCUT2D eigenvalue weighted by Crippen LogP contribution is -2.48. The van der Waals surface area contributed by atoms with Gasteiger partial charge in [-0.3, -0.25) is 0 Å². The molecule has 1 aromatic rings. The second kappa shape index (κ2) is 6.56. The summed E-state index contributed by atoms with van der Waals surface area (Å²) in [5.74, 6) is 0.626. The molecule has 1 fully saturated rings. The zero-order chi connectivity index (χ0) is 16.5.